The smallest absolute Gasteiger partial charge is 0.283 e. The van der Waals surface area contributed by atoms with Crippen molar-refractivity contribution in [3.8, 4) is 10.4 Å². The standard InChI is InChI=1S/C11H6F3NOS/c12-11(13,14)10(16)9-4-3-8(17-9)7-2-1-5-15-6-7/h1-6H. The van der Waals surface area contributed by atoms with E-state index < -0.39 is 12.0 Å². The fourth-order valence-corrected chi connectivity index (χ4v) is 2.22. The minimum absolute atomic E-state index is 0.309. The Labute approximate surface area is 98.7 Å². The maximum Gasteiger partial charge on any atom is 0.455 e. The number of aromatic nitrogens is 1. The summed E-state index contributed by atoms with van der Waals surface area (Å²) in [5.41, 5.74) is 0.693. The molecule has 2 heterocycles. The Hall–Kier alpha value is -1.69. The molecule has 17 heavy (non-hydrogen) atoms. The molecule has 0 bridgehead atoms. The first-order chi connectivity index (χ1) is 7.98. The first-order valence-corrected chi connectivity index (χ1v) is 5.42. The van der Waals surface area contributed by atoms with Gasteiger partial charge >= 0.3 is 6.18 Å². The number of thiophene rings is 1. The van der Waals surface area contributed by atoms with Crippen LogP contribution < -0.4 is 0 Å². The van der Waals surface area contributed by atoms with E-state index in [0.29, 0.717) is 10.4 Å². The number of hydrogen-bond donors (Lipinski definition) is 0. The molecule has 0 N–H and O–H groups in total. The summed E-state index contributed by atoms with van der Waals surface area (Å²) in [5.74, 6) is -1.81. The molecule has 0 spiro atoms. The van der Waals surface area contributed by atoms with Gasteiger partial charge in [-0.2, -0.15) is 13.2 Å². The summed E-state index contributed by atoms with van der Waals surface area (Å²) in [6.07, 6.45) is -1.72. The van der Waals surface area contributed by atoms with Crippen LogP contribution in [0.4, 0.5) is 13.2 Å². The largest absolute Gasteiger partial charge is 0.455 e. The number of ketones is 1. The Bertz CT molecular complexity index is 533. The van der Waals surface area contributed by atoms with Gasteiger partial charge in [-0.1, -0.05) is 6.07 Å². The van der Waals surface area contributed by atoms with Crippen LogP contribution in [0.3, 0.4) is 0 Å². The van der Waals surface area contributed by atoms with Gasteiger partial charge < -0.3 is 0 Å². The lowest BCUT2D eigenvalue weighted by Gasteiger charge is -2.01. The lowest BCUT2D eigenvalue weighted by Crippen LogP contribution is -2.21. The third kappa shape index (κ3) is 2.52. The van der Waals surface area contributed by atoms with Gasteiger partial charge in [0.25, 0.3) is 5.78 Å². The Morgan fingerprint density at radius 1 is 1.24 bits per heavy atom. The van der Waals surface area contributed by atoms with E-state index in [1.54, 1.807) is 18.3 Å². The van der Waals surface area contributed by atoms with E-state index in [0.717, 1.165) is 11.3 Å². The molecule has 0 saturated heterocycles. The number of alkyl halides is 3. The van der Waals surface area contributed by atoms with Gasteiger partial charge in [-0.15, -0.1) is 11.3 Å². The summed E-state index contributed by atoms with van der Waals surface area (Å²) in [4.78, 5) is 15.1. The molecule has 88 valence electrons. The Balaban J connectivity index is 2.32. The number of carbonyl (C=O) groups excluding carboxylic acids is 1. The van der Waals surface area contributed by atoms with Crippen molar-refractivity contribution >= 4 is 17.1 Å². The van der Waals surface area contributed by atoms with Crippen LogP contribution in [0.15, 0.2) is 36.7 Å². The van der Waals surface area contributed by atoms with E-state index in [4.69, 9.17) is 0 Å². The normalized spacial score (nSPS) is 11.5. The van der Waals surface area contributed by atoms with Crippen LogP contribution in [0.1, 0.15) is 9.67 Å². The van der Waals surface area contributed by atoms with E-state index in [2.05, 4.69) is 4.98 Å². The van der Waals surface area contributed by atoms with Crippen LogP contribution in [0.25, 0.3) is 10.4 Å². The fourth-order valence-electron chi connectivity index (χ4n) is 1.26. The molecule has 2 aromatic heterocycles. The molecule has 0 amide bonds. The van der Waals surface area contributed by atoms with Gasteiger partial charge in [-0.05, 0) is 18.2 Å². The number of carbonyl (C=O) groups is 1. The van der Waals surface area contributed by atoms with E-state index in [-0.39, 0.29) is 4.88 Å². The molecule has 0 aliphatic rings. The molecule has 0 saturated carbocycles. The van der Waals surface area contributed by atoms with Crippen LogP contribution in [0.2, 0.25) is 0 Å². The van der Waals surface area contributed by atoms with Crippen molar-refractivity contribution < 1.29 is 18.0 Å². The number of rotatable bonds is 2. The number of nitrogens with zero attached hydrogens (tertiary/aromatic N) is 1. The highest BCUT2D eigenvalue weighted by molar-refractivity contribution is 7.17. The molecule has 0 aliphatic heterocycles. The molecule has 0 atom stereocenters. The second kappa shape index (κ2) is 4.29. The summed E-state index contributed by atoms with van der Waals surface area (Å²) in [6, 6.07) is 6.07. The Kier molecular flexibility index (Phi) is 2.97. The second-order valence-corrected chi connectivity index (χ2v) is 4.32. The highest BCUT2D eigenvalue weighted by atomic mass is 32.1. The van der Waals surface area contributed by atoms with Crippen molar-refractivity contribution in [3.05, 3.63) is 41.5 Å². The summed E-state index contributed by atoms with van der Waals surface area (Å²) in [6.45, 7) is 0. The van der Waals surface area contributed by atoms with E-state index in [1.165, 1.54) is 18.3 Å². The van der Waals surface area contributed by atoms with Crippen molar-refractivity contribution in [1.29, 1.82) is 0 Å². The van der Waals surface area contributed by atoms with Crippen molar-refractivity contribution in [2.45, 2.75) is 6.18 Å². The molecule has 2 nitrogen and oxygen atoms in total. The maximum absolute atomic E-state index is 12.2. The molecule has 0 aromatic carbocycles. The zero-order valence-corrected chi connectivity index (χ0v) is 9.18. The van der Waals surface area contributed by atoms with Gasteiger partial charge in [-0.3, -0.25) is 9.78 Å². The summed E-state index contributed by atoms with van der Waals surface area (Å²) < 4.78 is 36.6. The number of Topliss-reactive ketones (excluding diaryl/α,β-unsaturated/α-hetero) is 1. The number of halogens is 3. The van der Waals surface area contributed by atoms with Crippen molar-refractivity contribution in [3.63, 3.8) is 0 Å². The third-order valence-corrected chi connectivity index (χ3v) is 3.17. The molecule has 0 radical (unpaired) electrons. The van der Waals surface area contributed by atoms with Crippen LogP contribution in [0, 0.1) is 0 Å². The van der Waals surface area contributed by atoms with Gasteiger partial charge in [0.05, 0.1) is 4.88 Å². The zero-order chi connectivity index (χ0) is 12.5. The Morgan fingerprint density at radius 2 is 2.00 bits per heavy atom. The molecule has 0 fully saturated rings. The van der Waals surface area contributed by atoms with Crippen LogP contribution >= 0.6 is 11.3 Å². The minimum Gasteiger partial charge on any atom is -0.283 e. The first kappa shape index (κ1) is 11.8. The number of hydrogen-bond acceptors (Lipinski definition) is 3. The van der Waals surface area contributed by atoms with Crippen molar-refractivity contribution in [1.82, 2.24) is 4.98 Å². The lowest BCUT2D eigenvalue weighted by atomic mass is 10.2. The van der Waals surface area contributed by atoms with Crippen LogP contribution in [0.5, 0.6) is 0 Å². The van der Waals surface area contributed by atoms with Crippen LogP contribution in [-0.4, -0.2) is 16.9 Å². The fraction of sp³-hybridized carbons (Fsp3) is 0.0909. The Morgan fingerprint density at radius 3 is 2.59 bits per heavy atom. The van der Waals surface area contributed by atoms with E-state index in [1.807, 2.05) is 0 Å². The summed E-state index contributed by atoms with van der Waals surface area (Å²) in [7, 11) is 0. The van der Waals surface area contributed by atoms with Crippen molar-refractivity contribution in [2.75, 3.05) is 0 Å². The predicted molar refractivity (Wildman–Crippen MR) is 57.9 cm³/mol. The predicted octanol–water partition coefficient (Wildman–Crippen LogP) is 3.56. The minimum atomic E-state index is -4.82. The molecule has 2 rings (SSSR count). The molecule has 0 aliphatic carbocycles. The SMILES string of the molecule is O=C(c1ccc(-c2cccnc2)s1)C(F)(F)F. The molecular weight excluding hydrogens is 251 g/mol. The quantitative estimate of drug-likeness (QED) is 0.770. The van der Waals surface area contributed by atoms with Gasteiger partial charge in [0.15, 0.2) is 0 Å². The molecular formula is C11H6F3NOS. The third-order valence-electron chi connectivity index (χ3n) is 2.03. The first-order valence-electron chi connectivity index (χ1n) is 4.60. The molecule has 6 heteroatoms. The highest BCUT2D eigenvalue weighted by Gasteiger charge is 2.40. The lowest BCUT2D eigenvalue weighted by molar-refractivity contribution is -0.0882. The molecule has 2 aromatic rings. The van der Waals surface area contributed by atoms with E-state index >= 15 is 0 Å². The van der Waals surface area contributed by atoms with Gasteiger partial charge in [0, 0.05) is 22.8 Å². The average Bonchev–Trinajstić information content (AvgIpc) is 2.77. The average molecular weight is 257 g/mol. The van der Waals surface area contributed by atoms with Gasteiger partial charge in [0.1, 0.15) is 0 Å². The number of pyridine rings is 1. The topological polar surface area (TPSA) is 30.0 Å². The maximum atomic E-state index is 12.2. The zero-order valence-electron chi connectivity index (χ0n) is 8.36. The molecule has 0 unspecified atom stereocenters. The van der Waals surface area contributed by atoms with Gasteiger partial charge in [0.2, 0.25) is 0 Å². The van der Waals surface area contributed by atoms with Crippen molar-refractivity contribution in [2.24, 2.45) is 0 Å². The second-order valence-electron chi connectivity index (χ2n) is 3.23. The van der Waals surface area contributed by atoms with E-state index in [9.17, 15) is 18.0 Å². The monoisotopic (exact) mass is 257 g/mol. The summed E-state index contributed by atoms with van der Waals surface area (Å²) in [5, 5.41) is 0. The van der Waals surface area contributed by atoms with Crippen LogP contribution in [-0.2, 0) is 0 Å². The van der Waals surface area contributed by atoms with Gasteiger partial charge in [-0.25, -0.2) is 0 Å². The highest BCUT2D eigenvalue weighted by Crippen LogP contribution is 2.31. The summed E-state index contributed by atoms with van der Waals surface area (Å²) >= 11 is 0.811.